The molecule has 1 aliphatic rings. The van der Waals surface area contributed by atoms with Crippen LogP contribution in [0.25, 0.3) is 17.0 Å². The molecule has 2 aromatic carbocycles. The number of ether oxygens (including phenoxy) is 2. The van der Waals surface area contributed by atoms with Crippen LogP contribution in [-0.2, 0) is 16.1 Å². The number of halogens is 1. The number of para-hydroxylation sites is 1. The Labute approximate surface area is 238 Å². The molecule has 0 fully saturated rings. The SMILES string of the molecule is C=CCn1cc(/C=c2\sc3n(c2=O)[C@H](c2cc(Br)ccc2OC)C(C(=O)OC(C)C)=C(C)N=3)c2ccccc21. The number of hydrogen-bond acceptors (Lipinski definition) is 6. The molecule has 0 unspecified atom stereocenters. The third-order valence-corrected chi connectivity index (χ3v) is 7.98. The van der Waals surface area contributed by atoms with Gasteiger partial charge in [0.1, 0.15) is 11.8 Å². The first-order chi connectivity index (χ1) is 18.7. The molecule has 39 heavy (non-hydrogen) atoms. The second-order valence-electron chi connectivity index (χ2n) is 9.46. The van der Waals surface area contributed by atoms with Crippen LogP contribution in [0.3, 0.4) is 0 Å². The van der Waals surface area contributed by atoms with E-state index in [2.05, 4.69) is 27.1 Å². The quantitative estimate of drug-likeness (QED) is 0.217. The predicted octanol–water partition coefficient (Wildman–Crippen LogP) is 5.10. The van der Waals surface area contributed by atoms with Crippen LogP contribution in [-0.4, -0.2) is 28.3 Å². The standard InChI is InChI=1S/C30H28BrN3O4S/c1-6-13-33-16-19(21-9-7-8-10-23(21)33)14-25-28(35)34-27(22-15-20(31)11-12-24(22)37-5)26(29(36)38-17(2)3)18(4)32-30(34)39-25/h6-12,14-17,27H,1,13H2,2-5H3/b25-14-/t27-/m1/s1. The van der Waals surface area contributed by atoms with Gasteiger partial charge in [0.2, 0.25) is 0 Å². The van der Waals surface area contributed by atoms with Gasteiger partial charge in [-0.25, -0.2) is 9.79 Å². The highest BCUT2D eigenvalue weighted by atomic mass is 79.9. The number of fused-ring (bicyclic) bond motifs is 2. The lowest BCUT2D eigenvalue weighted by Gasteiger charge is -2.26. The lowest BCUT2D eigenvalue weighted by Crippen LogP contribution is -2.40. The number of hydrogen-bond donors (Lipinski definition) is 0. The van der Waals surface area contributed by atoms with Crippen molar-refractivity contribution in [3.8, 4) is 5.75 Å². The van der Waals surface area contributed by atoms with Crippen LogP contribution < -0.4 is 19.6 Å². The molecule has 0 amide bonds. The van der Waals surface area contributed by atoms with E-state index in [1.807, 2.05) is 60.8 Å². The Morgan fingerprint density at radius 3 is 2.74 bits per heavy atom. The smallest absolute Gasteiger partial charge is 0.338 e. The number of carbonyl (C=O) groups is 1. The molecule has 0 radical (unpaired) electrons. The molecule has 0 aliphatic carbocycles. The van der Waals surface area contributed by atoms with Crippen LogP contribution in [0.2, 0.25) is 0 Å². The molecule has 3 heterocycles. The van der Waals surface area contributed by atoms with Crippen molar-refractivity contribution < 1.29 is 14.3 Å². The highest BCUT2D eigenvalue weighted by molar-refractivity contribution is 9.10. The summed E-state index contributed by atoms with van der Waals surface area (Å²) in [6.07, 6.45) is 5.43. The zero-order valence-corrected chi connectivity index (χ0v) is 24.5. The van der Waals surface area contributed by atoms with Crippen molar-refractivity contribution in [1.29, 1.82) is 0 Å². The molecule has 200 valence electrons. The fourth-order valence-corrected chi connectivity index (χ4v) is 6.31. The minimum absolute atomic E-state index is 0.242. The van der Waals surface area contributed by atoms with E-state index in [-0.39, 0.29) is 11.7 Å². The van der Waals surface area contributed by atoms with E-state index in [0.29, 0.717) is 38.5 Å². The van der Waals surface area contributed by atoms with Crippen molar-refractivity contribution in [2.24, 2.45) is 4.99 Å². The topological polar surface area (TPSA) is 74.8 Å². The number of nitrogens with zero attached hydrogens (tertiary/aromatic N) is 3. The minimum Gasteiger partial charge on any atom is -0.496 e. The average Bonchev–Trinajstić information content (AvgIpc) is 3.39. The Kier molecular flexibility index (Phi) is 7.46. The summed E-state index contributed by atoms with van der Waals surface area (Å²) < 4.78 is 16.3. The van der Waals surface area contributed by atoms with Crippen molar-refractivity contribution in [3.05, 3.63) is 108 Å². The molecular weight excluding hydrogens is 578 g/mol. The van der Waals surface area contributed by atoms with Crippen LogP contribution in [0.4, 0.5) is 0 Å². The van der Waals surface area contributed by atoms with E-state index in [4.69, 9.17) is 14.5 Å². The molecule has 9 heteroatoms. The Balaban J connectivity index is 1.77. The number of allylic oxidation sites excluding steroid dienone is 2. The molecular formula is C30H28BrN3O4S. The van der Waals surface area contributed by atoms with Gasteiger partial charge in [0.25, 0.3) is 5.56 Å². The Morgan fingerprint density at radius 2 is 2.03 bits per heavy atom. The first kappa shape index (κ1) is 26.9. The average molecular weight is 607 g/mol. The molecule has 0 saturated heterocycles. The monoisotopic (exact) mass is 605 g/mol. The molecule has 2 aromatic heterocycles. The summed E-state index contributed by atoms with van der Waals surface area (Å²) >= 11 is 4.83. The van der Waals surface area contributed by atoms with Gasteiger partial charge in [-0.2, -0.15) is 0 Å². The molecule has 7 nitrogen and oxygen atoms in total. The van der Waals surface area contributed by atoms with E-state index in [1.165, 1.54) is 11.3 Å². The lowest BCUT2D eigenvalue weighted by atomic mass is 9.95. The summed E-state index contributed by atoms with van der Waals surface area (Å²) in [6, 6.07) is 12.8. The van der Waals surface area contributed by atoms with E-state index >= 15 is 0 Å². The Bertz CT molecular complexity index is 1830. The van der Waals surface area contributed by atoms with Gasteiger partial charge in [-0.3, -0.25) is 9.36 Å². The van der Waals surface area contributed by atoms with Crippen LogP contribution in [0.15, 0.2) is 86.8 Å². The minimum atomic E-state index is -0.774. The maximum atomic E-state index is 14.1. The summed E-state index contributed by atoms with van der Waals surface area (Å²) in [6.45, 7) is 9.88. The van der Waals surface area contributed by atoms with E-state index in [9.17, 15) is 9.59 Å². The van der Waals surface area contributed by atoms with Gasteiger partial charge >= 0.3 is 5.97 Å². The summed E-state index contributed by atoms with van der Waals surface area (Å²) in [5.41, 5.74) is 3.21. The number of thiazole rings is 1. The maximum absolute atomic E-state index is 14.1. The molecule has 0 N–H and O–H groups in total. The van der Waals surface area contributed by atoms with Gasteiger partial charge in [-0.1, -0.05) is 51.5 Å². The molecule has 5 rings (SSSR count). The summed E-state index contributed by atoms with van der Waals surface area (Å²) in [5.74, 6) is 0.0369. The molecule has 1 aliphatic heterocycles. The molecule has 0 saturated carbocycles. The Morgan fingerprint density at radius 1 is 1.26 bits per heavy atom. The van der Waals surface area contributed by atoms with Gasteiger partial charge in [-0.15, -0.1) is 6.58 Å². The van der Waals surface area contributed by atoms with Crippen molar-refractivity contribution in [2.45, 2.75) is 39.5 Å². The predicted molar refractivity (Wildman–Crippen MR) is 158 cm³/mol. The highest BCUT2D eigenvalue weighted by Gasteiger charge is 2.35. The number of esters is 1. The van der Waals surface area contributed by atoms with Gasteiger partial charge in [0.15, 0.2) is 4.80 Å². The highest BCUT2D eigenvalue weighted by Crippen LogP contribution is 2.37. The number of benzene rings is 2. The zero-order valence-electron chi connectivity index (χ0n) is 22.1. The fraction of sp³-hybridized carbons (Fsp3) is 0.233. The van der Waals surface area contributed by atoms with Gasteiger partial charge < -0.3 is 14.0 Å². The molecule has 1 atom stereocenters. The van der Waals surface area contributed by atoms with E-state index in [1.54, 1.807) is 32.4 Å². The third-order valence-electron chi connectivity index (χ3n) is 6.50. The summed E-state index contributed by atoms with van der Waals surface area (Å²) in [7, 11) is 1.57. The van der Waals surface area contributed by atoms with Gasteiger partial charge in [-0.05, 0) is 51.1 Å². The van der Waals surface area contributed by atoms with Gasteiger partial charge in [0.05, 0.1) is 29.0 Å². The molecule has 4 aromatic rings. The maximum Gasteiger partial charge on any atom is 0.338 e. The normalized spacial score (nSPS) is 15.4. The first-order valence-corrected chi connectivity index (χ1v) is 14.1. The largest absolute Gasteiger partial charge is 0.496 e. The first-order valence-electron chi connectivity index (χ1n) is 12.5. The van der Waals surface area contributed by atoms with Crippen molar-refractivity contribution >= 4 is 50.2 Å². The number of rotatable bonds is 7. The number of methoxy groups -OCH3 is 1. The summed E-state index contributed by atoms with van der Waals surface area (Å²) in [4.78, 5) is 32.7. The lowest BCUT2D eigenvalue weighted by molar-refractivity contribution is -0.143. The van der Waals surface area contributed by atoms with Crippen molar-refractivity contribution in [2.75, 3.05) is 7.11 Å². The van der Waals surface area contributed by atoms with E-state index < -0.39 is 12.0 Å². The molecule has 0 bridgehead atoms. The third kappa shape index (κ3) is 4.92. The number of carbonyl (C=O) groups excluding carboxylic acids is 1. The van der Waals surface area contributed by atoms with Crippen LogP contribution in [0.1, 0.15) is 37.9 Å². The number of aromatic nitrogens is 2. The van der Waals surface area contributed by atoms with E-state index in [0.717, 1.165) is 20.9 Å². The van der Waals surface area contributed by atoms with Crippen molar-refractivity contribution in [3.63, 3.8) is 0 Å². The zero-order chi connectivity index (χ0) is 27.8. The Hall–Kier alpha value is -3.69. The van der Waals surface area contributed by atoms with Crippen LogP contribution >= 0.6 is 27.3 Å². The fourth-order valence-electron chi connectivity index (χ4n) is 4.89. The van der Waals surface area contributed by atoms with Crippen LogP contribution in [0, 0.1) is 0 Å². The second-order valence-corrected chi connectivity index (χ2v) is 11.4. The summed E-state index contributed by atoms with van der Waals surface area (Å²) in [5, 5.41) is 1.03. The van der Waals surface area contributed by atoms with Gasteiger partial charge in [0, 0.05) is 39.2 Å². The molecule has 0 spiro atoms. The van der Waals surface area contributed by atoms with Crippen LogP contribution in [0.5, 0.6) is 5.75 Å². The van der Waals surface area contributed by atoms with Crippen molar-refractivity contribution in [1.82, 2.24) is 9.13 Å². The second kappa shape index (κ2) is 10.8.